The van der Waals surface area contributed by atoms with Crippen LogP contribution in [0.1, 0.15) is 25.2 Å². The Bertz CT molecular complexity index is 667. The molecule has 6 nitrogen and oxygen atoms in total. The number of benzene rings is 1. The van der Waals surface area contributed by atoms with Crippen molar-refractivity contribution >= 4 is 21.6 Å². The number of nitro benzene ring substituents is 1. The Hall–Kier alpha value is -1.76. The molecule has 0 N–H and O–H groups in total. The van der Waals surface area contributed by atoms with Gasteiger partial charge in [-0.25, -0.2) is 0 Å². The molecule has 2 aromatic rings. The number of nitro groups is 1. The van der Waals surface area contributed by atoms with E-state index in [9.17, 15) is 10.1 Å². The van der Waals surface area contributed by atoms with Crippen LogP contribution < -0.4 is 0 Å². The molecule has 1 aromatic heterocycles. The molecular formula is C14H17BrN4O2. The molecule has 0 aliphatic heterocycles. The van der Waals surface area contributed by atoms with Gasteiger partial charge in [-0.2, -0.15) is 0 Å². The van der Waals surface area contributed by atoms with E-state index in [1.165, 1.54) is 0 Å². The zero-order valence-corrected chi connectivity index (χ0v) is 13.8. The number of halogens is 1. The summed E-state index contributed by atoms with van der Waals surface area (Å²) in [5.74, 6) is 1.92. The molecule has 0 saturated heterocycles. The van der Waals surface area contributed by atoms with Gasteiger partial charge in [0.05, 0.1) is 10.3 Å². The fourth-order valence-corrected chi connectivity index (χ4v) is 2.62. The fraction of sp³-hybridized carbons (Fsp3) is 0.429. The summed E-state index contributed by atoms with van der Waals surface area (Å²) >= 11 is 3.40. The van der Waals surface area contributed by atoms with Gasteiger partial charge < -0.3 is 4.57 Å². The van der Waals surface area contributed by atoms with Crippen molar-refractivity contribution in [3.8, 4) is 11.4 Å². The minimum absolute atomic E-state index is 0.0736. The first kappa shape index (κ1) is 15.6. The van der Waals surface area contributed by atoms with Gasteiger partial charge in [-0.3, -0.25) is 10.1 Å². The van der Waals surface area contributed by atoms with Crippen molar-refractivity contribution in [2.24, 2.45) is 5.92 Å². The second-order valence-electron chi connectivity index (χ2n) is 5.39. The zero-order valence-electron chi connectivity index (χ0n) is 12.2. The Labute approximate surface area is 131 Å². The molecule has 7 heteroatoms. The number of hydrogen-bond acceptors (Lipinski definition) is 4. The highest BCUT2D eigenvalue weighted by molar-refractivity contribution is 9.08. The SMILES string of the molecule is Cc1cc(-c2nnc(CBr)n2CC(C)C)cc([N+](=O)[O-])c1. The van der Waals surface area contributed by atoms with E-state index in [-0.39, 0.29) is 10.6 Å². The van der Waals surface area contributed by atoms with Gasteiger partial charge in [-0.15, -0.1) is 10.2 Å². The molecule has 0 bridgehead atoms. The van der Waals surface area contributed by atoms with E-state index < -0.39 is 0 Å². The van der Waals surface area contributed by atoms with Crippen LogP contribution in [-0.4, -0.2) is 19.7 Å². The second-order valence-corrected chi connectivity index (χ2v) is 5.95. The van der Waals surface area contributed by atoms with Crippen LogP contribution in [0.5, 0.6) is 0 Å². The van der Waals surface area contributed by atoms with E-state index in [4.69, 9.17) is 0 Å². The molecule has 0 atom stereocenters. The largest absolute Gasteiger partial charge is 0.310 e. The molecule has 0 fully saturated rings. The van der Waals surface area contributed by atoms with Gasteiger partial charge in [0.15, 0.2) is 5.82 Å². The molecule has 0 unspecified atom stereocenters. The summed E-state index contributed by atoms with van der Waals surface area (Å²) in [6.45, 7) is 6.83. The van der Waals surface area contributed by atoms with Gasteiger partial charge >= 0.3 is 0 Å². The quantitative estimate of drug-likeness (QED) is 0.467. The lowest BCUT2D eigenvalue weighted by atomic mass is 10.1. The molecule has 1 heterocycles. The molecular weight excluding hydrogens is 336 g/mol. The molecule has 2 rings (SSSR count). The summed E-state index contributed by atoms with van der Waals surface area (Å²) in [7, 11) is 0. The Kier molecular flexibility index (Phi) is 4.72. The number of hydrogen-bond donors (Lipinski definition) is 0. The molecule has 21 heavy (non-hydrogen) atoms. The van der Waals surface area contributed by atoms with Crippen LogP contribution in [0, 0.1) is 23.0 Å². The highest BCUT2D eigenvalue weighted by atomic mass is 79.9. The van der Waals surface area contributed by atoms with Crippen molar-refractivity contribution in [2.45, 2.75) is 32.6 Å². The maximum absolute atomic E-state index is 11.0. The highest BCUT2D eigenvalue weighted by Gasteiger charge is 2.17. The van der Waals surface area contributed by atoms with Crippen LogP contribution >= 0.6 is 15.9 Å². The Morgan fingerprint density at radius 1 is 1.33 bits per heavy atom. The smallest absolute Gasteiger partial charge is 0.270 e. The van der Waals surface area contributed by atoms with Crippen molar-refractivity contribution in [2.75, 3.05) is 0 Å². The van der Waals surface area contributed by atoms with Crippen LogP contribution in [0.2, 0.25) is 0 Å². The van der Waals surface area contributed by atoms with E-state index >= 15 is 0 Å². The van der Waals surface area contributed by atoms with Crippen LogP contribution in [0.3, 0.4) is 0 Å². The van der Waals surface area contributed by atoms with Gasteiger partial charge in [0.25, 0.3) is 5.69 Å². The Morgan fingerprint density at radius 3 is 2.62 bits per heavy atom. The van der Waals surface area contributed by atoms with Crippen LogP contribution in [0.15, 0.2) is 18.2 Å². The number of aryl methyl sites for hydroxylation is 1. The first-order valence-electron chi connectivity index (χ1n) is 6.67. The lowest BCUT2D eigenvalue weighted by molar-refractivity contribution is -0.384. The molecule has 0 saturated carbocycles. The molecule has 0 spiro atoms. The summed E-state index contributed by atoms with van der Waals surface area (Å²) in [5.41, 5.74) is 1.63. The van der Waals surface area contributed by atoms with Crippen LogP contribution in [0.4, 0.5) is 5.69 Å². The minimum atomic E-state index is -0.384. The van der Waals surface area contributed by atoms with Crippen molar-refractivity contribution in [3.63, 3.8) is 0 Å². The summed E-state index contributed by atoms with van der Waals surface area (Å²) in [5, 5.41) is 20.0. The highest BCUT2D eigenvalue weighted by Crippen LogP contribution is 2.26. The van der Waals surface area contributed by atoms with Gasteiger partial charge in [0, 0.05) is 24.2 Å². The van der Waals surface area contributed by atoms with Crippen molar-refractivity contribution in [1.82, 2.24) is 14.8 Å². The number of aromatic nitrogens is 3. The lowest BCUT2D eigenvalue weighted by Crippen LogP contribution is -2.09. The summed E-state index contributed by atoms with van der Waals surface area (Å²) in [6.07, 6.45) is 0. The number of nitrogens with zero attached hydrogens (tertiary/aromatic N) is 4. The van der Waals surface area contributed by atoms with E-state index in [0.717, 1.165) is 23.5 Å². The monoisotopic (exact) mass is 352 g/mol. The maximum atomic E-state index is 11.0. The first-order valence-corrected chi connectivity index (χ1v) is 7.79. The maximum Gasteiger partial charge on any atom is 0.270 e. The van der Waals surface area contributed by atoms with Gasteiger partial charge in [0.1, 0.15) is 5.82 Å². The second kappa shape index (κ2) is 6.34. The third kappa shape index (κ3) is 3.47. The lowest BCUT2D eigenvalue weighted by Gasteiger charge is -2.12. The summed E-state index contributed by atoms with van der Waals surface area (Å²) < 4.78 is 2.01. The third-order valence-electron chi connectivity index (χ3n) is 3.03. The van der Waals surface area contributed by atoms with E-state index in [2.05, 4.69) is 40.0 Å². The van der Waals surface area contributed by atoms with Crippen molar-refractivity contribution in [3.05, 3.63) is 39.7 Å². The first-order chi connectivity index (χ1) is 9.92. The molecule has 0 aliphatic rings. The van der Waals surface area contributed by atoms with Gasteiger partial charge in [-0.1, -0.05) is 29.8 Å². The average molecular weight is 353 g/mol. The molecule has 1 aromatic carbocycles. The van der Waals surface area contributed by atoms with Gasteiger partial charge in [-0.05, 0) is 24.5 Å². The molecule has 0 aliphatic carbocycles. The average Bonchev–Trinajstić information content (AvgIpc) is 2.80. The topological polar surface area (TPSA) is 73.8 Å². The van der Waals surface area contributed by atoms with Crippen molar-refractivity contribution in [1.29, 1.82) is 0 Å². The Morgan fingerprint density at radius 2 is 2.05 bits per heavy atom. The summed E-state index contributed by atoms with van der Waals surface area (Å²) in [6, 6.07) is 5.00. The minimum Gasteiger partial charge on any atom is -0.310 e. The molecule has 112 valence electrons. The number of alkyl halides is 1. The third-order valence-corrected chi connectivity index (χ3v) is 3.53. The van der Waals surface area contributed by atoms with Crippen LogP contribution in [0.25, 0.3) is 11.4 Å². The normalized spacial score (nSPS) is 11.1. The standard InChI is InChI=1S/C14H17BrN4O2/c1-9(2)8-18-13(7-15)16-17-14(18)11-4-10(3)5-12(6-11)19(20)21/h4-6,9H,7-8H2,1-3H3. The van der Waals surface area contributed by atoms with Crippen molar-refractivity contribution < 1.29 is 4.92 Å². The van der Waals surface area contributed by atoms with E-state index in [1.54, 1.807) is 12.1 Å². The van der Waals surface area contributed by atoms with E-state index in [0.29, 0.717) is 17.1 Å². The zero-order chi connectivity index (χ0) is 15.6. The summed E-state index contributed by atoms with van der Waals surface area (Å²) in [4.78, 5) is 10.6. The molecule has 0 amide bonds. The van der Waals surface area contributed by atoms with Crippen LogP contribution in [-0.2, 0) is 11.9 Å². The Balaban J connectivity index is 2.56. The predicted octanol–water partition coefficient (Wildman–Crippen LogP) is 3.71. The molecule has 0 radical (unpaired) electrons. The van der Waals surface area contributed by atoms with E-state index in [1.807, 2.05) is 17.6 Å². The number of rotatable bonds is 5. The predicted molar refractivity (Wildman–Crippen MR) is 84.3 cm³/mol. The number of non-ortho nitro benzene ring substituents is 1. The fourth-order valence-electron chi connectivity index (χ4n) is 2.20. The van der Waals surface area contributed by atoms with Gasteiger partial charge in [0.2, 0.25) is 0 Å².